The van der Waals surface area contributed by atoms with E-state index >= 15 is 0 Å². The van der Waals surface area contributed by atoms with E-state index in [0.717, 1.165) is 11.9 Å². The zero-order valence-corrected chi connectivity index (χ0v) is 16.9. The second-order valence-corrected chi connectivity index (χ2v) is 7.32. The van der Waals surface area contributed by atoms with E-state index in [1.807, 2.05) is 41.0 Å². The molecule has 156 valence electrons. The van der Waals surface area contributed by atoms with Gasteiger partial charge in [-0.1, -0.05) is 36.4 Å². The van der Waals surface area contributed by atoms with Gasteiger partial charge in [0.2, 0.25) is 0 Å². The number of carbonyl (C=O) groups is 2. The van der Waals surface area contributed by atoms with Crippen LogP contribution in [0.25, 0.3) is 10.9 Å². The minimum Gasteiger partial charge on any atom is -0.507 e. The monoisotopic (exact) mass is 415 g/mol. The summed E-state index contributed by atoms with van der Waals surface area (Å²) in [6.07, 6.45) is 9.67. The quantitative estimate of drug-likeness (QED) is 0.481. The minimum atomic E-state index is -0.583. The highest BCUT2D eigenvalue weighted by atomic mass is 16.5. The first-order chi connectivity index (χ1) is 15.0. The van der Waals surface area contributed by atoms with Crippen LogP contribution >= 0.6 is 0 Å². The lowest BCUT2D eigenvalue weighted by atomic mass is 9.99. The SMILES string of the molecule is COc1ccc(C(=O)CC(=O)c2cn(C3C=CC=CC3)c3ccccc3c2=O)c(O)c1. The Morgan fingerprint density at radius 1 is 1.10 bits per heavy atom. The van der Waals surface area contributed by atoms with Crippen molar-refractivity contribution in [2.45, 2.75) is 18.9 Å². The Labute approximate surface area is 178 Å². The molecule has 1 aliphatic rings. The van der Waals surface area contributed by atoms with Crippen LogP contribution in [0.5, 0.6) is 11.5 Å². The number of Topliss-reactive ketones (excluding diaryl/α,β-unsaturated/α-hetero) is 2. The first-order valence-electron chi connectivity index (χ1n) is 9.90. The molecule has 0 saturated carbocycles. The molecule has 6 nitrogen and oxygen atoms in total. The van der Waals surface area contributed by atoms with Crippen LogP contribution in [0, 0.1) is 0 Å². The maximum atomic E-state index is 13.0. The van der Waals surface area contributed by atoms with Crippen LogP contribution in [-0.4, -0.2) is 28.3 Å². The maximum absolute atomic E-state index is 13.0. The summed E-state index contributed by atoms with van der Waals surface area (Å²) in [6, 6.07) is 11.3. The normalized spacial score (nSPS) is 15.2. The molecule has 1 atom stereocenters. The van der Waals surface area contributed by atoms with Crippen molar-refractivity contribution >= 4 is 22.5 Å². The lowest BCUT2D eigenvalue weighted by Crippen LogP contribution is -2.22. The molecule has 0 fully saturated rings. The van der Waals surface area contributed by atoms with Gasteiger partial charge in [-0.05, 0) is 30.7 Å². The number of ketones is 2. The molecule has 0 saturated heterocycles. The summed E-state index contributed by atoms with van der Waals surface area (Å²) in [5, 5.41) is 10.5. The number of hydrogen-bond donors (Lipinski definition) is 1. The van der Waals surface area contributed by atoms with Crippen molar-refractivity contribution in [1.29, 1.82) is 0 Å². The van der Waals surface area contributed by atoms with Crippen molar-refractivity contribution in [2.24, 2.45) is 0 Å². The molecule has 1 aromatic heterocycles. The smallest absolute Gasteiger partial charge is 0.200 e. The number of fused-ring (bicyclic) bond motifs is 1. The molecule has 4 rings (SSSR count). The molecule has 0 bridgehead atoms. The maximum Gasteiger partial charge on any atom is 0.200 e. The van der Waals surface area contributed by atoms with E-state index in [0.29, 0.717) is 11.1 Å². The molecule has 2 aromatic carbocycles. The van der Waals surface area contributed by atoms with Crippen LogP contribution in [0.15, 0.2) is 77.8 Å². The summed E-state index contributed by atoms with van der Waals surface area (Å²) in [5.41, 5.74) is 0.297. The van der Waals surface area contributed by atoms with Crippen LogP contribution in [0.4, 0.5) is 0 Å². The molecule has 1 aliphatic carbocycles. The van der Waals surface area contributed by atoms with Gasteiger partial charge < -0.3 is 14.4 Å². The van der Waals surface area contributed by atoms with Gasteiger partial charge in [0, 0.05) is 17.6 Å². The van der Waals surface area contributed by atoms with Gasteiger partial charge >= 0.3 is 0 Å². The molecule has 6 heteroatoms. The number of nitrogens with zero attached hydrogens (tertiary/aromatic N) is 1. The lowest BCUT2D eigenvalue weighted by molar-refractivity contribution is 0.0892. The van der Waals surface area contributed by atoms with Gasteiger partial charge in [0.1, 0.15) is 11.5 Å². The van der Waals surface area contributed by atoms with E-state index in [1.54, 1.807) is 18.3 Å². The Hall–Kier alpha value is -3.93. The van der Waals surface area contributed by atoms with Crippen molar-refractivity contribution in [3.8, 4) is 11.5 Å². The number of ether oxygens (including phenoxy) is 1. The highest BCUT2D eigenvalue weighted by Gasteiger charge is 2.22. The molecule has 0 aliphatic heterocycles. The predicted octanol–water partition coefficient (Wildman–Crippen LogP) is 4.23. The number of rotatable bonds is 6. The molecule has 0 radical (unpaired) electrons. The number of para-hydroxylation sites is 1. The van der Waals surface area contributed by atoms with Gasteiger partial charge in [0.05, 0.1) is 36.2 Å². The molecule has 0 amide bonds. The number of benzene rings is 2. The first kappa shape index (κ1) is 20.3. The standard InChI is InChI=1S/C25H21NO5/c1-31-17-11-12-19(22(27)13-17)23(28)14-24(29)20-15-26(16-7-3-2-4-8-16)21-10-6-5-9-18(21)25(20)30/h2-7,9-13,15-16,27H,8,14H2,1H3. The summed E-state index contributed by atoms with van der Waals surface area (Å²) in [4.78, 5) is 38.7. The number of phenolic OH excluding ortho intramolecular Hbond substituents is 1. The van der Waals surface area contributed by atoms with E-state index in [4.69, 9.17) is 4.74 Å². The average molecular weight is 415 g/mol. The van der Waals surface area contributed by atoms with Gasteiger partial charge in [-0.2, -0.15) is 0 Å². The summed E-state index contributed by atoms with van der Waals surface area (Å²) in [7, 11) is 1.45. The third-order valence-electron chi connectivity index (χ3n) is 5.38. The van der Waals surface area contributed by atoms with Gasteiger partial charge in [-0.3, -0.25) is 14.4 Å². The molecule has 1 N–H and O–H groups in total. The van der Waals surface area contributed by atoms with Crippen molar-refractivity contribution in [3.05, 3.63) is 94.3 Å². The fourth-order valence-corrected chi connectivity index (χ4v) is 3.76. The third-order valence-corrected chi connectivity index (χ3v) is 5.38. The number of carbonyl (C=O) groups excluding carboxylic acids is 2. The summed E-state index contributed by atoms with van der Waals surface area (Å²) < 4.78 is 6.92. The van der Waals surface area contributed by atoms with Crippen molar-refractivity contribution in [2.75, 3.05) is 7.11 Å². The minimum absolute atomic E-state index is 0.00983. The molecule has 31 heavy (non-hydrogen) atoms. The summed E-state index contributed by atoms with van der Waals surface area (Å²) in [5.74, 6) is -1.02. The Bertz CT molecular complexity index is 1300. The summed E-state index contributed by atoms with van der Waals surface area (Å²) >= 11 is 0. The predicted molar refractivity (Wildman–Crippen MR) is 118 cm³/mol. The Kier molecular flexibility index (Phi) is 5.54. The van der Waals surface area contributed by atoms with Crippen LogP contribution in [-0.2, 0) is 0 Å². The molecule has 1 heterocycles. The largest absolute Gasteiger partial charge is 0.507 e. The van der Waals surface area contributed by atoms with E-state index < -0.39 is 23.4 Å². The number of allylic oxidation sites excluding steroid dienone is 4. The van der Waals surface area contributed by atoms with Crippen LogP contribution < -0.4 is 10.2 Å². The molecule has 3 aromatic rings. The Morgan fingerprint density at radius 3 is 2.58 bits per heavy atom. The fraction of sp³-hybridized carbons (Fsp3) is 0.160. The molecule has 0 spiro atoms. The Morgan fingerprint density at radius 2 is 1.87 bits per heavy atom. The fourth-order valence-electron chi connectivity index (χ4n) is 3.76. The van der Waals surface area contributed by atoms with Gasteiger partial charge in [0.15, 0.2) is 17.0 Å². The second kappa shape index (κ2) is 8.44. The number of methoxy groups -OCH3 is 1. The lowest BCUT2D eigenvalue weighted by Gasteiger charge is -2.21. The van der Waals surface area contributed by atoms with Gasteiger partial charge in [-0.15, -0.1) is 0 Å². The number of hydrogen-bond acceptors (Lipinski definition) is 5. The van der Waals surface area contributed by atoms with E-state index in [1.165, 1.54) is 25.3 Å². The van der Waals surface area contributed by atoms with E-state index in [2.05, 4.69) is 0 Å². The Balaban J connectivity index is 1.72. The highest BCUT2D eigenvalue weighted by molar-refractivity contribution is 6.15. The highest BCUT2D eigenvalue weighted by Crippen LogP contribution is 2.26. The number of aromatic hydroxyl groups is 1. The average Bonchev–Trinajstić information content (AvgIpc) is 2.79. The van der Waals surface area contributed by atoms with E-state index in [9.17, 15) is 19.5 Å². The second-order valence-electron chi connectivity index (χ2n) is 7.32. The van der Waals surface area contributed by atoms with Crippen molar-refractivity contribution < 1.29 is 19.4 Å². The zero-order valence-electron chi connectivity index (χ0n) is 16.9. The number of pyridine rings is 1. The third kappa shape index (κ3) is 3.92. The number of phenols is 1. The zero-order chi connectivity index (χ0) is 22.0. The van der Waals surface area contributed by atoms with Gasteiger partial charge in [-0.25, -0.2) is 0 Å². The molecular formula is C25H21NO5. The van der Waals surface area contributed by atoms with Crippen molar-refractivity contribution in [1.82, 2.24) is 4.57 Å². The first-order valence-corrected chi connectivity index (χ1v) is 9.90. The number of aromatic nitrogens is 1. The van der Waals surface area contributed by atoms with Crippen LogP contribution in [0.3, 0.4) is 0 Å². The van der Waals surface area contributed by atoms with Crippen molar-refractivity contribution in [3.63, 3.8) is 0 Å². The van der Waals surface area contributed by atoms with Crippen LogP contribution in [0.2, 0.25) is 0 Å². The summed E-state index contributed by atoms with van der Waals surface area (Å²) in [6.45, 7) is 0. The molecular weight excluding hydrogens is 394 g/mol. The van der Waals surface area contributed by atoms with E-state index in [-0.39, 0.29) is 22.9 Å². The van der Waals surface area contributed by atoms with Gasteiger partial charge in [0.25, 0.3) is 0 Å². The molecule has 1 unspecified atom stereocenters. The topological polar surface area (TPSA) is 85.6 Å². The van der Waals surface area contributed by atoms with Crippen LogP contribution in [0.1, 0.15) is 39.6 Å².